The molecule has 0 bridgehead atoms. The fourth-order valence-electron chi connectivity index (χ4n) is 1.58. The van der Waals surface area contributed by atoms with Gasteiger partial charge in [0.1, 0.15) is 0 Å². The number of aliphatic hydroxyl groups is 1. The zero-order valence-electron chi connectivity index (χ0n) is 11.5. The van der Waals surface area contributed by atoms with Crippen LogP contribution in [0.2, 0.25) is 5.02 Å². The number of aliphatic hydroxyl groups excluding tert-OH is 1. The van der Waals surface area contributed by atoms with E-state index in [9.17, 15) is 9.67 Å². The Morgan fingerprint density at radius 3 is 2.11 bits per heavy atom. The third-order valence-electron chi connectivity index (χ3n) is 2.16. The van der Waals surface area contributed by atoms with Gasteiger partial charge in [-0.25, -0.2) is 0 Å². The molecule has 0 aromatic heterocycles. The van der Waals surface area contributed by atoms with E-state index in [1.165, 1.54) is 0 Å². The van der Waals surface area contributed by atoms with Crippen molar-refractivity contribution in [1.29, 1.82) is 0 Å². The van der Waals surface area contributed by atoms with E-state index >= 15 is 0 Å². The molecule has 0 amide bonds. The van der Waals surface area contributed by atoms with E-state index < -0.39 is 13.4 Å². The quantitative estimate of drug-likeness (QED) is 0.793. The zero-order chi connectivity index (χ0) is 14.6. The minimum atomic E-state index is -3.67. The van der Waals surface area contributed by atoms with Crippen molar-refractivity contribution in [3.8, 4) is 0 Å². The molecule has 6 heteroatoms. The molecule has 0 saturated carbocycles. The Morgan fingerprint density at radius 2 is 1.68 bits per heavy atom. The van der Waals surface area contributed by atoms with Gasteiger partial charge in [-0.15, -0.1) is 0 Å². The molecule has 1 aromatic carbocycles. The highest BCUT2D eigenvalue weighted by molar-refractivity contribution is 7.54. The predicted octanol–water partition coefficient (Wildman–Crippen LogP) is 4.37. The molecule has 0 radical (unpaired) electrons. The SMILES string of the molecule is CC(C)OP(=O)(OC(C)C)[C@H](O)c1cccc(Cl)c1. The maximum Gasteiger partial charge on any atom is 0.363 e. The highest BCUT2D eigenvalue weighted by atomic mass is 35.5. The van der Waals surface area contributed by atoms with Crippen molar-refractivity contribution in [3.63, 3.8) is 0 Å². The largest absolute Gasteiger partial charge is 0.376 e. The second-order valence-electron chi connectivity index (χ2n) is 4.78. The number of hydrogen-bond acceptors (Lipinski definition) is 4. The Balaban J connectivity index is 3.06. The van der Waals surface area contributed by atoms with Crippen LogP contribution in [0.1, 0.15) is 39.1 Å². The third-order valence-corrected chi connectivity index (χ3v) is 4.73. The van der Waals surface area contributed by atoms with Crippen LogP contribution in [0.5, 0.6) is 0 Å². The second-order valence-corrected chi connectivity index (χ2v) is 7.20. The van der Waals surface area contributed by atoms with Gasteiger partial charge in [-0.2, -0.15) is 0 Å². The second kappa shape index (κ2) is 6.87. The first kappa shape index (κ1) is 16.7. The lowest BCUT2D eigenvalue weighted by Gasteiger charge is -2.27. The minimum absolute atomic E-state index is 0.321. The van der Waals surface area contributed by atoms with E-state index in [0.717, 1.165) is 0 Å². The van der Waals surface area contributed by atoms with Gasteiger partial charge < -0.3 is 14.2 Å². The molecule has 0 heterocycles. The van der Waals surface area contributed by atoms with Crippen LogP contribution in [-0.2, 0) is 13.6 Å². The van der Waals surface area contributed by atoms with E-state index in [4.69, 9.17) is 20.6 Å². The molecule has 1 rings (SSSR count). The van der Waals surface area contributed by atoms with E-state index in [2.05, 4.69) is 0 Å². The van der Waals surface area contributed by atoms with Crippen molar-refractivity contribution in [1.82, 2.24) is 0 Å². The van der Waals surface area contributed by atoms with Crippen LogP contribution in [-0.4, -0.2) is 17.3 Å². The van der Waals surface area contributed by atoms with Crippen LogP contribution in [0, 0.1) is 0 Å². The molecule has 1 atom stereocenters. The summed E-state index contributed by atoms with van der Waals surface area (Å²) < 4.78 is 23.4. The number of halogens is 1. The van der Waals surface area contributed by atoms with Crippen LogP contribution in [0.15, 0.2) is 24.3 Å². The molecule has 0 aliphatic heterocycles. The molecular formula is C13H20ClO4P. The van der Waals surface area contributed by atoms with Crippen LogP contribution >= 0.6 is 19.2 Å². The molecular weight excluding hydrogens is 287 g/mol. The van der Waals surface area contributed by atoms with Gasteiger partial charge in [0.15, 0.2) is 5.85 Å². The van der Waals surface area contributed by atoms with Crippen molar-refractivity contribution in [2.45, 2.75) is 45.7 Å². The highest BCUT2D eigenvalue weighted by Crippen LogP contribution is 2.61. The summed E-state index contributed by atoms with van der Waals surface area (Å²) in [7, 11) is -3.67. The van der Waals surface area contributed by atoms with Gasteiger partial charge in [0.2, 0.25) is 0 Å². The Morgan fingerprint density at radius 1 is 1.16 bits per heavy atom. The van der Waals surface area contributed by atoms with Crippen LogP contribution in [0.25, 0.3) is 0 Å². The zero-order valence-corrected chi connectivity index (χ0v) is 13.2. The molecule has 4 nitrogen and oxygen atoms in total. The summed E-state index contributed by atoms with van der Waals surface area (Å²) in [6.45, 7) is 6.95. The normalized spacial score (nSPS) is 14.1. The monoisotopic (exact) mass is 306 g/mol. The summed E-state index contributed by atoms with van der Waals surface area (Å²) in [5.41, 5.74) is 0.414. The lowest BCUT2D eigenvalue weighted by atomic mass is 10.2. The lowest BCUT2D eigenvalue weighted by molar-refractivity contribution is 0.101. The van der Waals surface area contributed by atoms with Crippen molar-refractivity contribution >= 4 is 19.2 Å². The maximum absolute atomic E-state index is 12.7. The molecule has 0 unspecified atom stereocenters. The summed E-state index contributed by atoms with van der Waals surface area (Å²) in [6.07, 6.45) is -0.642. The maximum atomic E-state index is 12.7. The summed E-state index contributed by atoms with van der Waals surface area (Å²) in [5, 5.41) is 10.7. The van der Waals surface area contributed by atoms with Crippen molar-refractivity contribution < 1.29 is 18.7 Å². The topological polar surface area (TPSA) is 55.8 Å². The number of benzene rings is 1. The van der Waals surface area contributed by atoms with Gasteiger partial charge in [-0.05, 0) is 45.4 Å². The predicted molar refractivity (Wildman–Crippen MR) is 76.5 cm³/mol. The molecule has 1 N–H and O–H groups in total. The first-order valence-corrected chi connectivity index (χ1v) is 8.13. The average molecular weight is 307 g/mol. The summed E-state index contributed by atoms with van der Waals surface area (Å²) in [5.74, 6) is -1.35. The van der Waals surface area contributed by atoms with Crippen molar-refractivity contribution in [2.24, 2.45) is 0 Å². The average Bonchev–Trinajstić information content (AvgIpc) is 2.25. The third kappa shape index (κ3) is 4.90. The summed E-state index contributed by atoms with van der Waals surface area (Å²) >= 11 is 5.87. The fourth-order valence-corrected chi connectivity index (χ4v) is 3.76. The van der Waals surface area contributed by atoms with E-state index in [-0.39, 0.29) is 12.2 Å². The Kier molecular flexibility index (Phi) is 6.03. The molecule has 0 aliphatic carbocycles. The number of hydrogen-bond donors (Lipinski definition) is 1. The molecule has 0 fully saturated rings. The van der Waals surface area contributed by atoms with Gasteiger partial charge in [-0.3, -0.25) is 4.57 Å². The fraction of sp³-hybridized carbons (Fsp3) is 0.538. The molecule has 0 spiro atoms. The van der Waals surface area contributed by atoms with Crippen molar-refractivity contribution in [2.75, 3.05) is 0 Å². The van der Waals surface area contributed by atoms with Gasteiger partial charge >= 0.3 is 7.60 Å². The van der Waals surface area contributed by atoms with Gasteiger partial charge in [0.05, 0.1) is 12.2 Å². The van der Waals surface area contributed by atoms with Gasteiger partial charge in [0, 0.05) is 5.02 Å². The van der Waals surface area contributed by atoms with E-state index in [0.29, 0.717) is 10.6 Å². The van der Waals surface area contributed by atoms with Gasteiger partial charge in [0.25, 0.3) is 0 Å². The van der Waals surface area contributed by atoms with Crippen molar-refractivity contribution in [3.05, 3.63) is 34.9 Å². The smallest absolute Gasteiger partial charge is 0.363 e. The molecule has 108 valence electrons. The number of rotatable bonds is 6. The summed E-state index contributed by atoms with van der Waals surface area (Å²) in [4.78, 5) is 0. The lowest BCUT2D eigenvalue weighted by Crippen LogP contribution is -2.13. The van der Waals surface area contributed by atoms with Gasteiger partial charge in [-0.1, -0.05) is 23.7 Å². The van der Waals surface area contributed by atoms with E-state index in [1.807, 2.05) is 0 Å². The standard InChI is InChI=1S/C13H20ClO4P/c1-9(2)17-19(16,18-10(3)4)13(15)11-6-5-7-12(14)8-11/h5-10,13,15H,1-4H3/t13-/m0/s1. The molecule has 19 heavy (non-hydrogen) atoms. The molecule has 1 aromatic rings. The first-order chi connectivity index (χ1) is 8.74. The van der Waals surface area contributed by atoms with E-state index in [1.54, 1.807) is 52.0 Å². The Bertz CT molecular complexity index is 448. The molecule has 0 saturated heterocycles. The molecule has 0 aliphatic rings. The highest BCUT2D eigenvalue weighted by Gasteiger charge is 2.38. The minimum Gasteiger partial charge on any atom is -0.376 e. The Hall–Kier alpha value is -0.380. The van der Waals surface area contributed by atoms with Crippen LogP contribution in [0.4, 0.5) is 0 Å². The summed E-state index contributed by atoms with van der Waals surface area (Å²) in [6, 6.07) is 6.54. The van der Waals surface area contributed by atoms with Crippen LogP contribution < -0.4 is 0 Å². The first-order valence-electron chi connectivity index (χ1n) is 6.14. The van der Waals surface area contributed by atoms with Crippen LogP contribution in [0.3, 0.4) is 0 Å². The Labute approximate surface area is 119 Å².